The standard InChI is InChI=1S/C20H27N3O/c1-4-6-7-12-22-20(24)19-15-18(11-13-21-19)23(5-2)17-10-8-9-16(3)14-17/h8-11,13-15H,4-7,12H2,1-3H3,(H,22,24). The van der Waals surface area contributed by atoms with Crippen LogP contribution in [0.4, 0.5) is 11.4 Å². The van der Waals surface area contributed by atoms with E-state index in [-0.39, 0.29) is 5.91 Å². The van der Waals surface area contributed by atoms with E-state index in [0.29, 0.717) is 12.2 Å². The van der Waals surface area contributed by atoms with Gasteiger partial charge in [0, 0.05) is 30.7 Å². The molecule has 1 aromatic heterocycles. The summed E-state index contributed by atoms with van der Waals surface area (Å²) in [6.07, 6.45) is 4.98. The van der Waals surface area contributed by atoms with Crippen LogP contribution in [0, 0.1) is 6.92 Å². The summed E-state index contributed by atoms with van der Waals surface area (Å²) in [6.45, 7) is 7.86. The number of rotatable bonds is 8. The molecule has 0 saturated carbocycles. The molecule has 0 spiro atoms. The first-order valence-electron chi connectivity index (χ1n) is 8.74. The zero-order valence-electron chi connectivity index (χ0n) is 14.9. The smallest absolute Gasteiger partial charge is 0.269 e. The summed E-state index contributed by atoms with van der Waals surface area (Å²) in [7, 11) is 0. The van der Waals surface area contributed by atoms with Crippen LogP contribution in [0.2, 0.25) is 0 Å². The first-order valence-corrected chi connectivity index (χ1v) is 8.74. The number of aromatic nitrogens is 1. The Bertz CT molecular complexity index is 669. The van der Waals surface area contributed by atoms with Crippen molar-refractivity contribution in [3.05, 3.63) is 53.9 Å². The number of anilines is 2. The molecule has 2 aromatic rings. The third-order valence-corrected chi connectivity index (χ3v) is 3.98. The Kier molecular flexibility index (Phi) is 6.79. The van der Waals surface area contributed by atoms with E-state index in [1.165, 1.54) is 5.56 Å². The van der Waals surface area contributed by atoms with Crippen LogP contribution < -0.4 is 10.2 Å². The SMILES string of the molecule is CCCCCNC(=O)c1cc(N(CC)c2cccc(C)c2)ccn1. The summed E-state index contributed by atoms with van der Waals surface area (Å²) in [4.78, 5) is 18.7. The number of carbonyl (C=O) groups excluding carboxylic acids is 1. The molecule has 0 aliphatic rings. The Balaban J connectivity index is 2.14. The molecule has 0 fully saturated rings. The van der Waals surface area contributed by atoms with Crippen LogP contribution in [0.25, 0.3) is 0 Å². The van der Waals surface area contributed by atoms with Gasteiger partial charge in [-0.1, -0.05) is 31.9 Å². The number of benzene rings is 1. The number of nitrogens with one attached hydrogen (secondary N) is 1. The van der Waals surface area contributed by atoms with Crippen molar-refractivity contribution in [2.24, 2.45) is 0 Å². The van der Waals surface area contributed by atoms with E-state index < -0.39 is 0 Å². The van der Waals surface area contributed by atoms with E-state index >= 15 is 0 Å². The first kappa shape index (κ1) is 18.0. The Morgan fingerprint density at radius 3 is 2.62 bits per heavy atom. The first-order chi connectivity index (χ1) is 11.7. The van der Waals surface area contributed by atoms with Crippen LogP contribution in [-0.2, 0) is 0 Å². The zero-order chi connectivity index (χ0) is 17.4. The number of aryl methyl sites for hydroxylation is 1. The van der Waals surface area contributed by atoms with Crippen molar-refractivity contribution >= 4 is 17.3 Å². The molecule has 0 aliphatic carbocycles. The van der Waals surface area contributed by atoms with Gasteiger partial charge >= 0.3 is 0 Å². The van der Waals surface area contributed by atoms with E-state index in [1.807, 2.05) is 12.1 Å². The Morgan fingerprint density at radius 1 is 1.12 bits per heavy atom. The Hall–Kier alpha value is -2.36. The van der Waals surface area contributed by atoms with Gasteiger partial charge in [0.2, 0.25) is 0 Å². The highest BCUT2D eigenvalue weighted by molar-refractivity contribution is 5.93. The molecule has 0 saturated heterocycles. The van der Waals surface area contributed by atoms with Gasteiger partial charge in [-0.15, -0.1) is 0 Å². The zero-order valence-corrected chi connectivity index (χ0v) is 14.9. The molecule has 0 bridgehead atoms. The number of carbonyl (C=O) groups is 1. The lowest BCUT2D eigenvalue weighted by Crippen LogP contribution is -2.26. The maximum atomic E-state index is 12.3. The minimum atomic E-state index is -0.103. The van der Waals surface area contributed by atoms with Gasteiger partial charge in [0.15, 0.2) is 0 Å². The molecule has 4 heteroatoms. The molecule has 0 aliphatic heterocycles. The maximum Gasteiger partial charge on any atom is 0.269 e. The van der Waals surface area contributed by atoms with Gasteiger partial charge in [-0.2, -0.15) is 0 Å². The van der Waals surface area contributed by atoms with Crippen LogP contribution in [-0.4, -0.2) is 24.0 Å². The third kappa shape index (κ3) is 4.82. The number of nitrogens with zero attached hydrogens (tertiary/aromatic N) is 2. The predicted molar refractivity (Wildman–Crippen MR) is 100.0 cm³/mol. The Morgan fingerprint density at radius 2 is 1.92 bits per heavy atom. The largest absolute Gasteiger partial charge is 0.351 e. The molecule has 0 atom stereocenters. The molecule has 4 nitrogen and oxygen atoms in total. The minimum absolute atomic E-state index is 0.103. The van der Waals surface area contributed by atoms with Gasteiger partial charge in [0.1, 0.15) is 5.69 Å². The van der Waals surface area contributed by atoms with E-state index in [2.05, 4.69) is 60.2 Å². The van der Waals surface area contributed by atoms with Crippen LogP contribution in [0.1, 0.15) is 49.2 Å². The van der Waals surface area contributed by atoms with Gasteiger partial charge in [-0.05, 0) is 50.1 Å². The summed E-state index contributed by atoms with van der Waals surface area (Å²) in [5.74, 6) is -0.103. The third-order valence-electron chi connectivity index (χ3n) is 3.98. The second-order valence-electron chi connectivity index (χ2n) is 5.95. The van der Waals surface area contributed by atoms with Crippen molar-refractivity contribution in [3.63, 3.8) is 0 Å². The van der Waals surface area contributed by atoms with Crippen molar-refractivity contribution in [2.75, 3.05) is 18.0 Å². The van der Waals surface area contributed by atoms with Crippen molar-refractivity contribution < 1.29 is 4.79 Å². The number of hydrogen-bond acceptors (Lipinski definition) is 3. The van der Waals surface area contributed by atoms with E-state index in [9.17, 15) is 4.79 Å². The van der Waals surface area contributed by atoms with E-state index in [0.717, 1.165) is 37.2 Å². The monoisotopic (exact) mass is 325 g/mol. The fraction of sp³-hybridized carbons (Fsp3) is 0.400. The van der Waals surface area contributed by atoms with Crippen molar-refractivity contribution in [3.8, 4) is 0 Å². The van der Waals surface area contributed by atoms with Gasteiger partial charge < -0.3 is 10.2 Å². The molecule has 2 rings (SSSR count). The second-order valence-corrected chi connectivity index (χ2v) is 5.95. The highest BCUT2D eigenvalue weighted by Gasteiger charge is 2.12. The topological polar surface area (TPSA) is 45.2 Å². The molecule has 1 heterocycles. The van der Waals surface area contributed by atoms with Crippen LogP contribution in [0.3, 0.4) is 0 Å². The molecular weight excluding hydrogens is 298 g/mol. The molecule has 128 valence electrons. The molecule has 0 unspecified atom stereocenters. The molecule has 1 aromatic carbocycles. The van der Waals surface area contributed by atoms with Gasteiger partial charge in [0.05, 0.1) is 0 Å². The summed E-state index contributed by atoms with van der Waals surface area (Å²) in [5.41, 5.74) is 3.79. The summed E-state index contributed by atoms with van der Waals surface area (Å²) >= 11 is 0. The van der Waals surface area contributed by atoms with Gasteiger partial charge in [-0.3, -0.25) is 9.78 Å². The fourth-order valence-corrected chi connectivity index (χ4v) is 2.69. The predicted octanol–water partition coefficient (Wildman–Crippen LogP) is 4.47. The highest BCUT2D eigenvalue weighted by atomic mass is 16.1. The second kappa shape index (κ2) is 9.06. The van der Waals surface area contributed by atoms with Crippen LogP contribution >= 0.6 is 0 Å². The number of amides is 1. The fourth-order valence-electron chi connectivity index (χ4n) is 2.69. The van der Waals surface area contributed by atoms with E-state index in [4.69, 9.17) is 0 Å². The average Bonchev–Trinajstić information content (AvgIpc) is 2.60. The normalized spacial score (nSPS) is 10.5. The van der Waals surface area contributed by atoms with Crippen LogP contribution in [0.15, 0.2) is 42.6 Å². The molecule has 1 N–H and O–H groups in total. The average molecular weight is 325 g/mol. The minimum Gasteiger partial charge on any atom is -0.351 e. The number of unbranched alkanes of at least 4 members (excludes halogenated alkanes) is 2. The summed E-state index contributed by atoms with van der Waals surface area (Å²) in [5, 5.41) is 2.95. The molecule has 0 radical (unpaired) electrons. The Labute approximate surface area is 144 Å². The van der Waals surface area contributed by atoms with Crippen molar-refractivity contribution in [1.82, 2.24) is 10.3 Å². The molecular formula is C20H27N3O. The summed E-state index contributed by atoms with van der Waals surface area (Å²) < 4.78 is 0. The van der Waals surface area contributed by atoms with E-state index in [1.54, 1.807) is 6.20 Å². The van der Waals surface area contributed by atoms with Crippen molar-refractivity contribution in [2.45, 2.75) is 40.0 Å². The molecule has 1 amide bonds. The molecule has 24 heavy (non-hydrogen) atoms. The summed E-state index contributed by atoms with van der Waals surface area (Å²) in [6, 6.07) is 12.2. The lowest BCUT2D eigenvalue weighted by molar-refractivity contribution is 0.0948. The maximum absolute atomic E-state index is 12.3. The lowest BCUT2D eigenvalue weighted by Gasteiger charge is -2.24. The quantitative estimate of drug-likeness (QED) is 0.728. The number of hydrogen-bond donors (Lipinski definition) is 1. The van der Waals surface area contributed by atoms with Gasteiger partial charge in [0.25, 0.3) is 5.91 Å². The highest BCUT2D eigenvalue weighted by Crippen LogP contribution is 2.25. The number of pyridine rings is 1. The lowest BCUT2D eigenvalue weighted by atomic mass is 10.2. The van der Waals surface area contributed by atoms with Crippen LogP contribution in [0.5, 0.6) is 0 Å². The van der Waals surface area contributed by atoms with Gasteiger partial charge in [-0.25, -0.2) is 0 Å². The van der Waals surface area contributed by atoms with Crippen molar-refractivity contribution in [1.29, 1.82) is 0 Å².